The molecule has 174 valence electrons. The number of nitrogens with zero attached hydrogens (tertiary/aromatic N) is 2. The highest BCUT2D eigenvalue weighted by molar-refractivity contribution is 6.10. The van der Waals surface area contributed by atoms with Crippen molar-refractivity contribution in [2.75, 3.05) is 17.7 Å². The number of halogens is 2. The van der Waals surface area contributed by atoms with Gasteiger partial charge in [0.2, 0.25) is 11.6 Å². The van der Waals surface area contributed by atoms with E-state index in [1.165, 1.54) is 19.2 Å². The molecular formula is C21H14F2N4O7. The number of nitrogens with one attached hydrogen (secondary N) is 2. The molecule has 3 aromatic carbocycles. The number of nitro benzene ring substituents is 2. The normalized spacial score (nSPS) is 10.3. The number of nitro groups is 2. The second-order valence-electron chi connectivity index (χ2n) is 6.67. The third-order valence-electron chi connectivity index (χ3n) is 4.51. The summed E-state index contributed by atoms with van der Waals surface area (Å²) >= 11 is 0. The minimum absolute atomic E-state index is 0.0420. The van der Waals surface area contributed by atoms with Gasteiger partial charge in [-0.2, -0.15) is 8.78 Å². The number of hydrogen-bond donors (Lipinski definition) is 2. The maximum Gasteiger partial charge on any atom is 0.304 e. The topological polar surface area (TPSA) is 154 Å². The zero-order valence-corrected chi connectivity index (χ0v) is 17.2. The molecule has 11 nitrogen and oxygen atoms in total. The Bertz CT molecular complexity index is 1330. The van der Waals surface area contributed by atoms with E-state index < -0.39 is 44.7 Å². The molecule has 0 bridgehead atoms. The first-order valence-corrected chi connectivity index (χ1v) is 9.29. The van der Waals surface area contributed by atoms with E-state index in [4.69, 9.17) is 4.74 Å². The monoisotopic (exact) mass is 472 g/mol. The van der Waals surface area contributed by atoms with Crippen LogP contribution < -0.4 is 15.4 Å². The minimum Gasteiger partial charge on any atom is -0.496 e. The maximum atomic E-state index is 13.8. The molecule has 0 aliphatic heterocycles. The van der Waals surface area contributed by atoms with Gasteiger partial charge < -0.3 is 15.4 Å². The number of hydrogen-bond acceptors (Lipinski definition) is 7. The van der Waals surface area contributed by atoms with E-state index in [-0.39, 0.29) is 28.3 Å². The van der Waals surface area contributed by atoms with Crippen LogP contribution in [-0.4, -0.2) is 28.8 Å². The van der Waals surface area contributed by atoms with E-state index in [9.17, 15) is 38.6 Å². The Balaban J connectivity index is 1.84. The van der Waals surface area contributed by atoms with Gasteiger partial charge in [0.05, 0.1) is 22.5 Å². The van der Waals surface area contributed by atoms with Crippen molar-refractivity contribution in [1.29, 1.82) is 0 Å². The van der Waals surface area contributed by atoms with Crippen molar-refractivity contribution in [3.63, 3.8) is 0 Å². The third-order valence-corrected chi connectivity index (χ3v) is 4.51. The Morgan fingerprint density at radius 2 is 1.29 bits per heavy atom. The summed E-state index contributed by atoms with van der Waals surface area (Å²) in [5.74, 6) is -3.79. The Labute approximate surface area is 189 Å². The van der Waals surface area contributed by atoms with Crippen molar-refractivity contribution < 1.29 is 33.0 Å². The van der Waals surface area contributed by atoms with Gasteiger partial charge in [-0.25, -0.2) is 0 Å². The van der Waals surface area contributed by atoms with E-state index in [2.05, 4.69) is 10.6 Å². The van der Waals surface area contributed by atoms with E-state index in [0.717, 1.165) is 42.5 Å². The van der Waals surface area contributed by atoms with Crippen molar-refractivity contribution in [2.24, 2.45) is 0 Å². The summed E-state index contributed by atoms with van der Waals surface area (Å²) in [6.45, 7) is 0. The van der Waals surface area contributed by atoms with Gasteiger partial charge in [-0.1, -0.05) is 0 Å². The second kappa shape index (κ2) is 9.68. The summed E-state index contributed by atoms with van der Waals surface area (Å²) in [7, 11) is 1.27. The number of ether oxygens (including phenoxy) is 1. The quantitative estimate of drug-likeness (QED) is 0.384. The summed E-state index contributed by atoms with van der Waals surface area (Å²) in [6, 6.07) is 9.38. The fourth-order valence-corrected chi connectivity index (χ4v) is 2.89. The van der Waals surface area contributed by atoms with Gasteiger partial charge in [-0.3, -0.25) is 29.8 Å². The van der Waals surface area contributed by atoms with Gasteiger partial charge in [0.1, 0.15) is 5.75 Å². The highest BCUT2D eigenvalue weighted by Gasteiger charge is 2.20. The first-order valence-electron chi connectivity index (χ1n) is 9.29. The SMILES string of the molecule is COc1ccc(C(=O)Nc2ccc([N+](=O)[O-])c(F)c2)cc1C(=O)Nc1ccc([N+](=O)[O-])c(F)c1. The molecule has 3 aromatic rings. The largest absolute Gasteiger partial charge is 0.496 e. The Morgan fingerprint density at radius 3 is 1.74 bits per heavy atom. The summed E-state index contributed by atoms with van der Waals surface area (Å²) in [6.07, 6.45) is 0. The highest BCUT2D eigenvalue weighted by Crippen LogP contribution is 2.25. The van der Waals surface area contributed by atoms with Gasteiger partial charge in [-0.15, -0.1) is 0 Å². The van der Waals surface area contributed by atoms with E-state index in [1.807, 2.05) is 0 Å². The molecular weight excluding hydrogens is 458 g/mol. The number of carbonyl (C=O) groups is 2. The van der Waals surface area contributed by atoms with Crippen molar-refractivity contribution in [2.45, 2.75) is 0 Å². The lowest BCUT2D eigenvalue weighted by molar-refractivity contribution is -0.387. The van der Waals surface area contributed by atoms with Crippen LogP contribution in [0.15, 0.2) is 54.6 Å². The predicted octanol–water partition coefficient (Wildman–Crippen LogP) is 4.29. The number of anilines is 2. The molecule has 0 aliphatic rings. The standard InChI is InChI=1S/C21H14F2N4O7/c1-34-19-7-2-11(20(28)24-12-3-5-17(26(30)31)15(22)9-12)8-14(19)21(29)25-13-4-6-18(27(32)33)16(23)10-13/h2-10H,1H3,(H,24,28)(H,25,29). The molecule has 0 radical (unpaired) electrons. The van der Waals surface area contributed by atoms with E-state index >= 15 is 0 Å². The average molecular weight is 472 g/mol. The first-order chi connectivity index (χ1) is 16.1. The van der Waals surface area contributed by atoms with Gasteiger partial charge in [0, 0.05) is 41.2 Å². The molecule has 13 heteroatoms. The summed E-state index contributed by atoms with van der Waals surface area (Å²) in [5, 5.41) is 26.2. The fraction of sp³-hybridized carbons (Fsp3) is 0.0476. The fourth-order valence-electron chi connectivity index (χ4n) is 2.89. The van der Waals surface area contributed by atoms with Gasteiger partial charge in [0.25, 0.3) is 11.8 Å². The van der Waals surface area contributed by atoms with Crippen LogP contribution in [0.1, 0.15) is 20.7 Å². The van der Waals surface area contributed by atoms with Gasteiger partial charge >= 0.3 is 11.4 Å². The van der Waals surface area contributed by atoms with E-state index in [0.29, 0.717) is 0 Å². The molecule has 0 spiro atoms. The molecule has 2 N–H and O–H groups in total. The maximum absolute atomic E-state index is 13.8. The third kappa shape index (κ3) is 5.09. The van der Waals surface area contributed by atoms with Crippen LogP contribution in [0.25, 0.3) is 0 Å². The Morgan fingerprint density at radius 1 is 0.794 bits per heavy atom. The second-order valence-corrected chi connectivity index (χ2v) is 6.67. The van der Waals surface area contributed by atoms with Crippen molar-refractivity contribution in [1.82, 2.24) is 0 Å². The van der Waals surface area contributed by atoms with E-state index in [1.54, 1.807) is 0 Å². The number of benzene rings is 3. The molecule has 0 saturated heterocycles. The van der Waals surface area contributed by atoms with Crippen LogP contribution in [0, 0.1) is 31.9 Å². The van der Waals surface area contributed by atoms with Crippen LogP contribution in [-0.2, 0) is 0 Å². The molecule has 34 heavy (non-hydrogen) atoms. The molecule has 3 rings (SSSR count). The molecule has 0 fully saturated rings. The molecule has 0 unspecified atom stereocenters. The average Bonchev–Trinajstić information content (AvgIpc) is 2.78. The molecule has 2 amide bonds. The smallest absolute Gasteiger partial charge is 0.304 e. The van der Waals surface area contributed by atoms with Crippen LogP contribution >= 0.6 is 0 Å². The number of carbonyl (C=O) groups excluding carboxylic acids is 2. The Hall–Kier alpha value is -4.94. The zero-order valence-electron chi connectivity index (χ0n) is 17.2. The van der Waals surface area contributed by atoms with Crippen molar-refractivity contribution in [3.8, 4) is 5.75 Å². The predicted molar refractivity (Wildman–Crippen MR) is 115 cm³/mol. The van der Waals surface area contributed by atoms with Crippen LogP contribution in [0.5, 0.6) is 5.75 Å². The molecule has 0 aliphatic carbocycles. The van der Waals surface area contributed by atoms with Crippen LogP contribution in [0.4, 0.5) is 31.5 Å². The molecule has 0 saturated carbocycles. The lowest BCUT2D eigenvalue weighted by atomic mass is 10.1. The first kappa shape index (κ1) is 23.7. The zero-order chi connectivity index (χ0) is 25.0. The number of amides is 2. The van der Waals surface area contributed by atoms with Crippen LogP contribution in [0.3, 0.4) is 0 Å². The molecule has 0 atom stereocenters. The summed E-state index contributed by atoms with van der Waals surface area (Å²) < 4.78 is 32.8. The molecule has 0 aromatic heterocycles. The lowest BCUT2D eigenvalue weighted by Crippen LogP contribution is -2.17. The summed E-state index contributed by atoms with van der Waals surface area (Å²) in [4.78, 5) is 44.9. The molecule has 0 heterocycles. The summed E-state index contributed by atoms with van der Waals surface area (Å²) in [5.41, 5.74) is -1.83. The highest BCUT2D eigenvalue weighted by atomic mass is 19.1. The number of methoxy groups -OCH3 is 1. The minimum atomic E-state index is -1.15. The Kier molecular flexibility index (Phi) is 6.76. The van der Waals surface area contributed by atoms with Crippen molar-refractivity contribution in [3.05, 3.63) is 97.6 Å². The lowest BCUT2D eigenvalue weighted by Gasteiger charge is -2.12. The van der Waals surface area contributed by atoms with Crippen molar-refractivity contribution >= 4 is 34.6 Å². The number of rotatable bonds is 7. The van der Waals surface area contributed by atoms with Gasteiger partial charge in [0.15, 0.2) is 0 Å². The van der Waals surface area contributed by atoms with Gasteiger partial charge in [-0.05, 0) is 30.3 Å². The van der Waals surface area contributed by atoms with Crippen LogP contribution in [0.2, 0.25) is 0 Å².